The van der Waals surface area contributed by atoms with E-state index in [2.05, 4.69) is 10.6 Å². The zero-order valence-electron chi connectivity index (χ0n) is 10.9. The van der Waals surface area contributed by atoms with Gasteiger partial charge in [-0.2, -0.15) is 0 Å². The highest BCUT2D eigenvalue weighted by atomic mass is 16.4. The van der Waals surface area contributed by atoms with E-state index in [9.17, 15) is 14.4 Å². The van der Waals surface area contributed by atoms with Crippen molar-refractivity contribution < 1.29 is 24.6 Å². The highest BCUT2D eigenvalue weighted by Crippen LogP contribution is 2.23. The average molecular weight is 272 g/mol. The third-order valence-corrected chi connectivity index (χ3v) is 3.53. The minimum absolute atomic E-state index is 0.115. The Morgan fingerprint density at radius 3 is 2.47 bits per heavy atom. The van der Waals surface area contributed by atoms with Gasteiger partial charge in [0.2, 0.25) is 5.91 Å². The van der Waals surface area contributed by atoms with Crippen molar-refractivity contribution in [3.8, 4) is 0 Å². The van der Waals surface area contributed by atoms with Gasteiger partial charge in [-0.3, -0.25) is 9.59 Å². The van der Waals surface area contributed by atoms with E-state index in [0.717, 1.165) is 13.0 Å². The Balaban J connectivity index is 2.65. The van der Waals surface area contributed by atoms with Crippen molar-refractivity contribution in [2.45, 2.75) is 50.6 Å². The van der Waals surface area contributed by atoms with E-state index >= 15 is 0 Å². The molecule has 1 rings (SSSR count). The predicted molar refractivity (Wildman–Crippen MR) is 66.7 cm³/mol. The van der Waals surface area contributed by atoms with Crippen LogP contribution in [0.25, 0.3) is 0 Å². The number of hydrogen-bond acceptors (Lipinski definition) is 4. The first-order valence-electron chi connectivity index (χ1n) is 6.42. The summed E-state index contributed by atoms with van der Waals surface area (Å²) in [6.45, 7) is 2.60. The van der Waals surface area contributed by atoms with Crippen LogP contribution in [0.1, 0.15) is 39.0 Å². The summed E-state index contributed by atoms with van der Waals surface area (Å²) in [7, 11) is 0. The molecule has 1 unspecified atom stereocenters. The molecule has 4 N–H and O–H groups in total. The van der Waals surface area contributed by atoms with Gasteiger partial charge in [0.1, 0.15) is 6.04 Å². The van der Waals surface area contributed by atoms with Crippen molar-refractivity contribution in [3.63, 3.8) is 0 Å². The van der Waals surface area contributed by atoms with Crippen molar-refractivity contribution in [3.05, 3.63) is 0 Å². The zero-order chi connectivity index (χ0) is 14.5. The third-order valence-electron chi connectivity index (χ3n) is 3.53. The monoisotopic (exact) mass is 272 g/mol. The number of aliphatic carboxylic acids is 2. The number of carboxylic acids is 2. The molecule has 7 heteroatoms. The van der Waals surface area contributed by atoms with Crippen LogP contribution < -0.4 is 10.6 Å². The molecular formula is C12H20N2O5. The SMILES string of the molecule is CCC1(C(=O)N[C@@H](CCC(=O)O)C(=O)O)CCCN1. The van der Waals surface area contributed by atoms with Gasteiger partial charge in [-0.25, -0.2) is 4.79 Å². The second kappa shape index (κ2) is 6.51. The van der Waals surface area contributed by atoms with Crippen LogP contribution in [0.3, 0.4) is 0 Å². The molecular weight excluding hydrogens is 252 g/mol. The molecule has 7 nitrogen and oxygen atoms in total. The van der Waals surface area contributed by atoms with E-state index in [1.54, 1.807) is 0 Å². The van der Waals surface area contributed by atoms with Gasteiger partial charge in [0, 0.05) is 6.42 Å². The van der Waals surface area contributed by atoms with Crippen molar-refractivity contribution in [1.82, 2.24) is 10.6 Å². The van der Waals surface area contributed by atoms with Crippen LogP contribution in [-0.4, -0.2) is 46.2 Å². The van der Waals surface area contributed by atoms with Gasteiger partial charge < -0.3 is 20.8 Å². The summed E-state index contributed by atoms with van der Waals surface area (Å²) in [6, 6.07) is -1.16. The minimum atomic E-state index is -1.21. The number of carboxylic acid groups (broad SMARTS) is 2. The molecule has 1 aliphatic heterocycles. The summed E-state index contributed by atoms with van der Waals surface area (Å²) in [5, 5.41) is 23.1. The summed E-state index contributed by atoms with van der Waals surface area (Å²) in [5.41, 5.74) is -0.711. The molecule has 0 radical (unpaired) electrons. The first-order chi connectivity index (χ1) is 8.91. The summed E-state index contributed by atoms with van der Waals surface area (Å²) in [5.74, 6) is -2.64. The molecule has 0 aromatic heterocycles. The molecule has 0 aliphatic carbocycles. The maximum absolute atomic E-state index is 12.2. The number of hydrogen-bond donors (Lipinski definition) is 4. The fourth-order valence-electron chi connectivity index (χ4n) is 2.28. The van der Waals surface area contributed by atoms with Crippen LogP contribution >= 0.6 is 0 Å². The van der Waals surface area contributed by atoms with Gasteiger partial charge in [-0.1, -0.05) is 6.92 Å². The Kier molecular flexibility index (Phi) is 5.29. The van der Waals surface area contributed by atoms with E-state index in [1.165, 1.54) is 0 Å². The molecule has 1 fully saturated rings. The van der Waals surface area contributed by atoms with E-state index in [1.807, 2.05) is 6.92 Å². The lowest BCUT2D eigenvalue weighted by molar-refractivity contribution is -0.144. The van der Waals surface area contributed by atoms with E-state index in [-0.39, 0.29) is 18.7 Å². The Bertz CT molecular complexity index is 363. The summed E-state index contributed by atoms with van der Waals surface area (Å²) in [6.07, 6.45) is 1.71. The molecule has 0 aromatic rings. The third kappa shape index (κ3) is 3.92. The molecule has 1 aliphatic rings. The van der Waals surface area contributed by atoms with Crippen molar-refractivity contribution in [2.75, 3.05) is 6.54 Å². The lowest BCUT2D eigenvalue weighted by Crippen LogP contribution is -2.56. The van der Waals surface area contributed by atoms with Gasteiger partial charge >= 0.3 is 11.9 Å². The zero-order valence-corrected chi connectivity index (χ0v) is 10.9. The first-order valence-corrected chi connectivity index (χ1v) is 6.42. The largest absolute Gasteiger partial charge is 0.481 e. The molecule has 1 heterocycles. The molecule has 0 aromatic carbocycles. The highest BCUT2D eigenvalue weighted by Gasteiger charge is 2.40. The number of amides is 1. The van der Waals surface area contributed by atoms with E-state index in [4.69, 9.17) is 10.2 Å². The molecule has 0 bridgehead atoms. The summed E-state index contributed by atoms with van der Waals surface area (Å²) in [4.78, 5) is 33.7. The first kappa shape index (κ1) is 15.4. The fourth-order valence-corrected chi connectivity index (χ4v) is 2.28. The standard InChI is InChI=1S/C12H20N2O5/c1-2-12(6-3-7-13-12)11(19)14-8(10(17)18)4-5-9(15)16/h8,13H,2-7H2,1H3,(H,14,19)(H,15,16)(H,17,18)/t8-,12?/m0/s1. The van der Waals surface area contributed by atoms with E-state index in [0.29, 0.717) is 12.8 Å². The predicted octanol–water partition coefficient (Wildman–Crippen LogP) is -0.0472. The van der Waals surface area contributed by atoms with Crippen molar-refractivity contribution in [2.24, 2.45) is 0 Å². The molecule has 19 heavy (non-hydrogen) atoms. The maximum Gasteiger partial charge on any atom is 0.326 e. The number of nitrogens with one attached hydrogen (secondary N) is 2. The number of rotatable bonds is 7. The molecule has 108 valence electrons. The van der Waals surface area contributed by atoms with Gasteiger partial charge in [-0.15, -0.1) is 0 Å². The fraction of sp³-hybridized carbons (Fsp3) is 0.750. The topological polar surface area (TPSA) is 116 Å². The van der Waals surface area contributed by atoms with Crippen LogP contribution in [0.15, 0.2) is 0 Å². The quantitative estimate of drug-likeness (QED) is 0.516. The summed E-state index contributed by atoms with van der Waals surface area (Å²) >= 11 is 0. The Hall–Kier alpha value is -1.63. The van der Waals surface area contributed by atoms with Gasteiger partial charge in [0.05, 0.1) is 5.54 Å². The normalized spacial score (nSPS) is 23.8. The molecule has 0 saturated carbocycles. The van der Waals surface area contributed by atoms with E-state index < -0.39 is 23.5 Å². The van der Waals surface area contributed by atoms with Gasteiger partial charge in [0.15, 0.2) is 0 Å². The van der Waals surface area contributed by atoms with Gasteiger partial charge in [0.25, 0.3) is 0 Å². The second-order valence-corrected chi connectivity index (χ2v) is 4.76. The van der Waals surface area contributed by atoms with Crippen LogP contribution in [0, 0.1) is 0 Å². The molecule has 1 saturated heterocycles. The lowest BCUT2D eigenvalue weighted by Gasteiger charge is -2.28. The van der Waals surface area contributed by atoms with Crippen LogP contribution in [0.5, 0.6) is 0 Å². The second-order valence-electron chi connectivity index (χ2n) is 4.76. The average Bonchev–Trinajstić information content (AvgIpc) is 2.83. The highest BCUT2D eigenvalue weighted by molar-refractivity contribution is 5.90. The van der Waals surface area contributed by atoms with Crippen LogP contribution in [-0.2, 0) is 14.4 Å². The minimum Gasteiger partial charge on any atom is -0.481 e. The molecule has 0 spiro atoms. The summed E-state index contributed by atoms with van der Waals surface area (Å²) < 4.78 is 0. The number of carbonyl (C=O) groups excluding carboxylic acids is 1. The Labute approximate surface area is 111 Å². The maximum atomic E-state index is 12.2. The van der Waals surface area contributed by atoms with Gasteiger partial charge in [-0.05, 0) is 32.2 Å². The molecule has 1 amide bonds. The van der Waals surface area contributed by atoms with Crippen LogP contribution in [0.2, 0.25) is 0 Å². The van der Waals surface area contributed by atoms with Crippen molar-refractivity contribution >= 4 is 17.8 Å². The van der Waals surface area contributed by atoms with Crippen LogP contribution in [0.4, 0.5) is 0 Å². The molecule has 2 atom stereocenters. The lowest BCUT2D eigenvalue weighted by atomic mass is 9.92. The van der Waals surface area contributed by atoms with Crippen molar-refractivity contribution in [1.29, 1.82) is 0 Å². The Morgan fingerprint density at radius 2 is 2.05 bits per heavy atom. The smallest absolute Gasteiger partial charge is 0.326 e. The Morgan fingerprint density at radius 1 is 1.37 bits per heavy atom. The number of carbonyl (C=O) groups is 3.